The van der Waals surface area contributed by atoms with Gasteiger partial charge in [0.05, 0.1) is 26.1 Å². The maximum Gasteiger partial charge on any atom is 0.460 e. The molecule has 0 aliphatic rings. The summed E-state index contributed by atoms with van der Waals surface area (Å²) in [5.41, 5.74) is 0. The maximum absolute atomic E-state index is 13.6. The van der Waals surface area contributed by atoms with Gasteiger partial charge < -0.3 is 9.47 Å². The normalized spacial score (nSPS) is 15.0. The molecule has 0 aromatic rings. The number of alkyl halides is 22. The Morgan fingerprint density at radius 1 is 0.396 bits per heavy atom. The van der Waals surface area contributed by atoms with Crippen LogP contribution in [0.4, 0.5) is 96.6 Å². The monoisotopic (exact) mass is 764 g/mol. The van der Waals surface area contributed by atoms with Gasteiger partial charge in [0, 0.05) is 12.2 Å². The molecule has 6 nitrogen and oxygen atoms in total. The molecule has 0 aliphatic heterocycles. The van der Waals surface area contributed by atoms with Gasteiger partial charge in [-0.15, -0.1) is 0 Å². The lowest BCUT2D eigenvalue weighted by molar-refractivity contribution is -0.349. The number of halogens is 22. The standard InChI is InChI=1S/C20H10F22O6/c21-11(22,13(25,26)9(45)15(29,30)17(33,34)19(37,38)39)3-5-47-7(43)1-2-8(44)48-6-4-12(23,24)14(27,28)10(46)16(31,32)18(35,36)20(40,41)42/h1-2H,3-6H2. The first kappa shape index (κ1) is 44.5. The minimum absolute atomic E-state index is 0.322. The van der Waals surface area contributed by atoms with Crippen molar-refractivity contribution in [3.8, 4) is 0 Å². The lowest BCUT2D eigenvalue weighted by atomic mass is 9.96. The summed E-state index contributed by atoms with van der Waals surface area (Å²) in [4.78, 5) is 44.4. The first-order chi connectivity index (χ1) is 20.8. The van der Waals surface area contributed by atoms with Crippen molar-refractivity contribution in [1.29, 1.82) is 0 Å². The Morgan fingerprint density at radius 2 is 0.625 bits per heavy atom. The zero-order chi connectivity index (χ0) is 39.0. The van der Waals surface area contributed by atoms with E-state index in [1.54, 1.807) is 0 Å². The number of carbonyl (C=O) groups excluding carboxylic acids is 4. The molecule has 28 heteroatoms. The van der Waals surface area contributed by atoms with Gasteiger partial charge in [0.2, 0.25) is 0 Å². The van der Waals surface area contributed by atoms with Crippen molar-refractivity contribution < 1.29 is 125 Å². The van der Waals surface area contributed by atoms with Crippen LogP contribution < -0.4 is 0 Å². The van der Waals surface area contributed by atoms with Crippen LogP contribution in [0.25, 0.3) is 0 Å². The van der Waals surface area contributed by atoms with E-state index in [0.29, 0.717) is 0 Å². The topological polar surface area (TPSA) is 86.7 Å². The second-order valence-corrected chi connectivity index (χ2v) is 8.68. The number of carbonyl (C=O) groups is 4. The fourth-order valence-electron chi connectivity index (χ4n) is 2.47. The Morgan fingerprint density at radius 3 is 0.833 bits per heavy atom. The summed E-state index contributed by atoms with van der Waals surface area (Å²) in [5.74, 6) is -70.7. The minimum Gasteiger partial charge on any atom is -0.462 e. The van der Waals surface area contributed by atoms with Crippen LogP contribution in [0.1, 0.15) is 12.8 Å². The number of hydrogen-bond acceptors (Lipinski definition) is 6. The maximum atomic E-state index is 13.6. The average Bonchev–Trinajstić information content (AvgIpc) is 2.88. The van der Waals surface area contributed by atoms with Crippen LogP contribution in [0.2, 0.25) is 0 Å². The quantitative estimate of drug-likeness (QED) is 0.0983. The predicted octanol–water partition coefficient (Wildman–Crippen LogP) is 6.75. The van der Waals surface area contributed by atoms with Crippen LogP contribution in [0, 0.1) is 0 Å². The summed E-state index contributed by atoms with van der Waals surface area (Å²) < 4.78 is 292. The summed E-state index contributed by atoms with van der Waals surface area (Å²) in [6.07, 6.45) is -21.0. The highest BCUT2D eigenvalue weighted by Gasteiger charge is 2.83. The van der Waals surface area contributed by atoms with Gasteiger partial charge in [-0.25, -0.2) is 9.59 Å². The Hall–Kier alpha value is -3.52. The Balaban J connectivity index is 5.32. The molecule has 0 aromatic heterocycles. The van der Waals surface area contributed by atoms with Gasteiger partial charge in [-0.1, -0.05) is 0 Å². The molecule has 0 unspecified atom stereocenters. The number of rotatable bonds is 16. The van der Waals surface area contributed by atoms with Crippen LogP contribution in [0.5, 0.6) is 0 Å². The number of ether oxygens (including phenoxy) is 2. The molecular weight excluding hydrogens is 754 g/mol. The van der Waals surface area contributed by atoms with Crippen LogP contribution in [-0.2, 0) is 28.7 Å². The molecule has 0 atom stereocenters. The van der Waals surface area contributed by atoms with Crippen molar-refractivity contribution in [3.05, 3.63) is 12.2 Å². The van der Waals surface area contributed by atoms with Crippen LogP contribution in [0.15, 0.2) is 12.2 Å². The number of Topliss-reactive ketones (excluding diaryl/α,β-unsaturated/α-hetero) is 2. The highest BCUT2D eigenvalue weighted by atomic mass is 19.4. The lowest BCUT2D eigenvalue weighted by Crippen LogP contribution is -2.63. The first-order valence-electron chi connectivity index (χ1n) is 11.1. The van der Waals surface area contributed by atoms with Crippen molar-refractivity contribution in [1.82, 2.24) is 0 Å². The molecule has 0 amide bonds. The fraction of sp³-hybridized carbons (Fsp3) is 0.700. The van der Waals surface area contributed by atoms with Gasteiger partial charge >= 0.3 is 71.7 Å². The van der Waals surface area contributed by atoms with E-state index in [1.165, 1.54) is 0 Å². The number of esters is 2. The average molecular weight is 764 g/mol. The molecule has 0 aromatic carbocycles. The third-order valence-corrected chi connectivity index (χ3v) is 5.24. The molecule has 0 radical (unpaired) electrons. The molecule has 0 N–H and O–H groups in total. The van der Waals surface area contributed by atoms with Gasteiger partial charge in [-0.2, -0.15) is 96.6 Å². The predicted molar refractivity (Wildman–Crippen MR) is 102 cm³/mol. The molecule has 0 heterocycles. The Kier molecular flexibility index (Phi) is 12.4. The zero-order valence-electron chi connectivity index (χ0n) is 21.7. The molecular formula is C20H10F22O6. The minimum atomic E-state index is -7.58. The van der Waals surface area contributed by atoms with Crippen molar-refractivity contribution >= 4 is 23.5 Å². The molecule has 0 spiro atoms. The second kappa shape index (κ2) is 13.4. The van der Waals surface area contributed by atoms with Crippen molar-refractivity contribution in [3.63, 3.8) is 0 Å². The number of hydrogen-bond donors (Lipinski definition) is 0. The molecule has 0 saturated carbocycles. The summed E-state index contributed by atoms with van der Waals surface area (Å²) in [5, 5.41) is 0. The molecule has 0 aliphatic carbocycles. The summed E-state index contributed by atoms with van der Waals surface area (Å²) >= 11 is 0. The third-order valence-electron chi connectivity index (χ3n) is 5.24. The van der Waals surface area contributed by atoms with Crippen LogP contribution in [-0.4, -0.2) is 96.5 Å². The summed E-state index contributed by atoms with van der Waals surface area (Å²) in [6.45, 7) is -4.27. The van der Waals surface area contributed by atoms with Gasteiger partial charge in [0.25, 0.3) is 11.6 Å². The molecule has 0 fully saturated rings. The van der Waals surface area contributed by atoms with Crippen molar-refractivity contribution in [2.75, 3.05) is 13.2 Å². The molecule has 48 heavy (non-hydrogen) atoms. The summed E-state index contributed by atoms with van der Waals surface area (Å²) in [7, 11) is 0. The first-order valence-corrected chi connectivity index (χ1v) is 11.1. The highest BCUT2D eigenvalue weighted by molar-refractivity contribution is 5.95. The Bertz CT molecular complexity index is 1150. The summed E-state index contributed by atoms with van der Waals surface area (Å²) in [6, 6.07) is 0. The second-order valence-electron chi connectivity index (χ2n) is 8.68. The Labute approximate surface area is 247 Å². The number of ketones is 2. The van der Waals surface area contributed by atoms with E-state index >= 15 is 0 Å². The molecule has 0 rings (SSSR count). The van der Waals surface area contributed by atoms with E-state index in [4.69, 9.17) is 0 Å². The van der Waals surface area contributed by atoms with Gasteiger partial charge in [-0.3, -0.25) is 9.59 Å². The lowest BCUT2D eigenvalue weighted by Gasteiger charge is -2.32. The largest absolute Gasteiger partial charge is 0.462 e. The van der Waals surface area contributed by atoms with Gasteiger partial charge in [0.1, 0.15) is 0 Å². The third kappa shape index (κ3) is 8.36. The van der Waals surface area contributed by atoms with E-state index in [0.717, 1.165) is 0 Å². The van der Waals surface area contributed by atoms with E-state index in [9.17, 15) is 116 Å². The van der Waals surface area contributed by atoms with E-state index in [1.807, 2.05) is 0 Å². The van der Waals surface area contributed by atoms with Crippen molar-refractivity contribution in [2.24, 2.45) is 0 Å². The van der Waals surface area contributed by atoms with Crippen LogP contribution in [0.3, 0.4) is 0 Å². The molecule has 0 bridgehead atoms. The molecule has 280 valence electrons. The zero-order valence-corrected chi connectivity index (χ0v) is 21.7. The fourth-order valence-corrected chi connectivity index (χ4v) is 2.47. The van der Waals surface area contributed by atoms with Crippen molar-refractivity contribution in [2.45, 2.75) is 72.6 Å². The SMILES string of the molecule is O=C(C=CC(=O)OCCC(F)(F)C(F)(F)C(=O)C(F)(F)C(F)(F)C(F)(F)F)OCCC(F)(F)C(F)(F)C(=O)C(F)(F)C(F)(F)C(F)(F)F. The van der Waals surface area contributed by atoms with E-state index in [2.05, 4.69) is 9.47 Å². The molecule has 0 saturated heterocycles. The van der Waals surface area contributed by atoms with E-state index < -0.39 is 109 Å². The van der Waals surface area contributed by atoms with E-state index in [-0.39, 0.29) is 12.2 Å². The van der Waals surface area contributed by atoms with Gasteiger partial charge in [-0.05, 0) is 0 Å². The van der Waals surface area contributed by atoms with Gasteiger partial charge in [0.15, 0.2) is 0 Å². The van der Waals surface area contributed by atoms with Crippen LogP contribution >= 0.6 is 0 Å². The highest BCUT2D eigenvalue weighted by Crippen LogP contribution is 2.53. The smallest absolute Gasteiger partial charge is 0.460 e.